The molecule has 0 spiro atoms. The number of allylic oxidation sites excluding steroid dienone is 2. The van der Waals surface area contributed by atoms with Gasteiger partial charge in [-0.25, -0.2) is 0 Å². The lowest BCUT2D eigenvalue weighted by atomic mass is 9.63. The Labute approximate surface area is 114 Å². The molecule has 3 aliphatic rings. The lowest BCUT2D eigenvalue weighted by molar-refractivity contribution is -0.126. The second-order valence-corrected chi connectivity index (χ2v) is 6.59. The summed E-state index contributed by atoms with van der Waals surface area (Å²) in [5, 5.41) is 0. The van der Waals surface area contributed by atoms with Crippen molar-refractivity contribution >= 4 is 11.4 Å². The van der Waals surface area contributed by atoms with Crippen LogP contribution in [-0.2, 0) is 11.2 Å². The molecule has 1 nitrogen and oxygen atoms in total. The van der Waals surface area contributed by atoms with E-state index in [9.17, 15) is 4.79 Å². The molecule has 19 heavy (non-hydrogen) atoms. The first-order chi connectivity index (χ1) is 9.20. The molecule has 1 heteroatoms. The van der Waals surface area contributed by atoms with Crippen LogP contribution in [0.1, 0.15) is 50.2 Å². The highest BCUT2D eigenvalue weighted by Gasteiger charge is 2.50. The van der Waals surface area contributed by atoms with Crippen molar-refractivity contribution in [2.45, 2.75) is 45.4 Å². The summed E-state index contributed by atoms with van der Waals surface area (Å²) in [5.41, 5.74) is 6.15. The molecule has 0 radical (unpaired) electrons. The standard InChI is InChI=1S/C18H20O/c1-18-11-10-14-13-5-3-2-4-12(13)6-7-15(14)16(18)8-9-17(18)19/h2-5,16H,6-11H2,1H3/t16-,18+/m1/s1. The molecule has 0 heterocycles. The van der Waals surface area contributed by atoms with Crippen molar-refractivity contribution in [2.24, 2.45) is 11.3 Å². The molecule has 0 unspecified atom stereocenters. The summed E-state index contributed by atoms with van der Waals surface area (Å²) in [6.07, 6.45) is 6.40. The maximum atomic E-state index is 12.2. The molecule has 0 bridgehead atoms. The van der Waals surface area contributed by atoms with E-state index in [0.717, 1.165) is 32.1 Å². The van der Waals surface area contributed by atoms with Gasteiger partial charge in [-0.2, -0.15) is 0 Å². The molecular weight excluding hydrogens is 232 g/mol. The average molecular weight is 252 g/mol. The van der Waals surface area contributed by atoms with Crippen molar-refractivity contribution in [3.63, 3.8) is 0 Å². The number of aryl methyl sites for hydroxylation is 1. The molecule has 1 aromatic rings. The van der Waals surface area contributed by atoms with Gasteiger partial charge < -0.3 is 0 Å². The van der Waals surface area contributed by atoms with Gasteiger partial charge in [-0.15, -0.1) is 0 Å². The van der Waals surface area contributed by atoms with Gasteiger partial charge in [-0.05, 0) is 54.7 Å². The maximum Gasteiger partial charge on any atom is 0.139 e. The summed E-state index contributed by atoms with van der Waals surface area (Å²) in [6, 6.07) is 8.86. The number of carbonyl (C=O) groups excluding carboxylic acids is 1. The van der Waals surface area contributed by atoms with Crippen LogP contribution in [0.25, 0.3) is 5.57 Å². The molecule has 0 aromatic heterocycles. The second-order valence-electron chi connectivity index (χ2n) is 6.59. The molecular formula is C18H20O. The Morgan fingerprint density at radius 3 is 2.84 bits per heavy atom. The Morgan fingerprint density at radius 2 is 1.95 bits per heavy atom. The Balaban J connectivity index is 1.86. The van der Waals surface area contributed by atoms with E-state index in [1.54, 1.807) is 11.1 Å². The third-order valence-corrected chi connectivity index (χ3v) is 5.77. The van der Waals surface area contributed by atoms with Crippen molar-refractivity contribution in [3.8, 4) is 0 Å². The van der Waals surface area contributed by atoms with Crippen LogP contribution < -0.4 is 0 Å². The molecule has 1 fully saturated rings. The van der Waals surface area contributed by atoms with E-state index < -0.39 is 0 Å². The minimum atomic E-state index is -0.0366. The van der Waals surface area contributed by atoms with E-state index in [1.165, 1.54) is 17.5 Å². The first kappa shape index (κ1) is 11.5. The Hall–Kier alpha value is -1.37. The Bertz CT molecular complexity index is 595. The van der Waals surface area contributed by atoms with Gasteiger partial charge in [0.2, 0.25) is 0 Å². The summed E-state index contributed by atoms with van der Waals surface area (Å²) >= 11 is 0. The van der Waals surface area contributed by atoms with Crippen molar-refractivity contribution in [2.75, 3.05) is 0 Å². The lowest BCUT2D eigenvalue weighted by Crippen LogP contribution is -2.34. The fraction of sp³-hybridized carbons (Fsp3) is 0.500. The third-order valence-electron chi connectivity index (χ3n) is 5.77. The summed E-state index contributed by atoms with van der Waals surface area (Å²) in [7, 11) is 0. The van der Waals surface area contributed by atoms with Gasteiger partial charge in [0.1, 0.15) is 5.78 Å². The zero-order valence-electron chi connectivity index (χ0n) is 11.5. The number of hydrogen-bond donors (Lipinski definition) is 0. The second kappa shape index (κ2) is 3.82. The lowest BCUT2D eigenvalue weighted by Gasteiger charge is -2.40. The molecule has 1 saturated carbocycles. The minimum Gasteiger partial charge on any atom is -0.299 e. The number of rotatable bonds is 0. The topological polar surface area (TPSA) is 17.1 Å². The van der Waals surface area contributed by atoms with Crippen LogP contribution in [0.2, 0.25) is 0 Å². The van der Waals surface area contributed by atoms with E-state index >= 15 is 0 Å². The highest BCUT2D eigenvalue weighted by molar-refractivity contribution is 5.90. The molecule has 0 amide bonds. The summed E-state index contributed by atoms with van der Waals surface area (Å²) in [5.74, 6) is 1.06. The minimum absolute atomic E-state index is 0.0366. The van der Waals surface area contributed by atoms with Crippen LogP contribution in [0.5, 0.6) is 0 Å². The Kier molecular flexibility index (Phi) is 2.30. The number of hydrogen-bond acceptors (Lipinski definition) is 1. The van der Waals surface area contributed by atoms with Gasteiger partial charge >= 0.3 is 0 Å². The maximum absolute atomic E-state index is 12.2. The first-order valence-corrected chi connectivity index (χ1v) is 7.53. The summed E-state index contributed by atoms with van der Waals surface area (Å²) < 4.78 is 0. The highest BCUT2D eigenvalue weighted by atomic mass is 16.1. The fourth-order valence-corrected chi connectivity index (χ4v) is 4.64. The average Bonchev–Trinajstić information content (AvgIpc) is 2.75. The molecule has 2 atom stereocenters. The Morgan fingerprint density at radius 1 is 1.11 bits per heavy atom. The van der Waals surface area contributed by atoms with E-state index in [1.807, 2.05) is 0 Å². The van der Waals surface area contributed by atoms with Crippen molar-refractivity contribution in [1.82, 2.24) is 0 Å². The first-order valence-electron chi connectivity index (χ1n) is 7.53. The van der Waals surface area contributed by atoms with Crippen molar-refractivity contribution < 1.29 is 4.79 Å². The largest absolute Gasteiger partial charge is 0.299 e. The van der Waals surface area contributed by atoms with Gasteiger partial charge in [0.25, 0.3) is 0 Å². The summed E-state index contributed by atoms with van der Waals surface area (Å²) in [4.78, 5) is 12.2. The van der Waals surface area contributed by atoms with Gasteiger partial charge in [0.15, 0.2) is 0 Å². The van der Waals surface area contributed by atoms with Gasteiger partial charge in [-0.3, -0.25) is 4.79 Å². The number of carbonyl (C=O) groups is 1. The van der Waals surface area contributed by atoms with E-state index in [4.69, 9.17) is 0 Å². The normalized spacial score (nSPS) is 32.9. The highest BCUT2D eigenvalue weighted by Crippen LogP contribution is 2.56. The number of Topliss-reactive ketones (excluding diaryl/α,β-unsaturated/α-hetero) is 1. The molecule has 98 valence electrons. The van der Waals surface area contributed by atoms with Crippen LogP contribution >= 0.6 is 0 Å². The number of benzene rings is 1. The van der Waals surface area contributed by atoms with Crippen molar-refractivity contribution in [1.29, 1.82) is 0 Å². The predicted molar refractivity (Wildman–Crippen MR) is 76.8 cm³/mol. The van der Waals surface area contributed by atoms with Crippen LogP contribution in [0.3, 0.4) is 0 Å². The zero-order valence-corrected chi connectivity index (χ0v) is 11.5. The molecule has 4 rings (SSSR count). The molecule has 0 saturated heterocycles. The molecule has 0 aliphatic heterocycles. The van der Waals surface area contributed by atoms with Crippen LogP contribution in [-0.4, -0.2) is 5.78 Å². The smallest absolute Gasteiger partial charge is 0.139 e. The third kappa shape index (κ3) is 1.45. The van der Waals surface area contributed by atoms with Gasteiger partial charge in [0, 0.05) is 11.8 Å². The van der Waals surface area contributed by atoms with Crippen molar-refractivity contribution in [3.05, 3.63) is 41.0 Å². The SMILES string of the molecule is C[C@]12CCC3=C(CCc4ccccc43)[C@H]1CCC2=O. The van der Waals surface area contributed by atoms with Crippen LogP contribution in [0.4, 0.5) is 0 Å². The molecule has 1 aromatic carbocycles. The zero-order chi connectivity index (χ0) is 13.0. The van der Waals surface area contributed by atoms with Gasteiger partial charge in [0.05, 0.1) is 0 Å². The number of fused-ring (bicyclic) bond motifs is 4. The number of ketones is 1. The summed E-state index contributed by atoms with van der Waals surface area (Å²) in [6.45, 7) is 2.22. The quantitative estimate of drug-likeness (QED) is 0.677. The van der Waals surface area contributed by atoms with E-state index in [0.29, 0.717) is 11.7 Å². The van der Waals surface area contributed by atoms with Gasteiger partial charge in [-0.1, -0.05) is 36.8 Å². The molecule has 0 N–H and O–H groups in total. The predicted octanol–water partition coefficient (Wildman–Crippen LogP) is 4.17. The fourth-order valence-electron chi connectivity index (χ4n) is 4.64. The van der Waals surface area contributed by atoms with Crippen LogP contribution in [0, 0.1) is 11.3 Å². The van der Waals surface area contributed by atoms with E-state index in [-0.39, 0.29) is 5.41 Å². The van der Waals surface area contributed by atoms with E-state index in [2.05, 4.69) is 31.2 Å². The monoisotopic (exact) mass is 252 g/mol. The van der Waals surface area contributed by atoms with Crippen LogP contribution in [0.15, 0.2) is 29.8 Å². The molecule has 3 aliphatic carbocycles.